The van der Waals surface area contributed by atoms with Gasteiger partial charge in [0.2, 0.25) is 12.1 Å². The molecule has 0 saturated heterocycles. The molecule has 0 aliphatic heterocycles. The number of ketones is 2. The number of anilines is 4. The summed E-state index contributed by atoms with van der Waals surface area (Å²) in [6.07, 6.45) is 1.02. The van der Waals surface area contributed by atoms with Crippen LogP contribution in [-0.4, -0.2) is 73.3 Å². The zero-order valence-electron chi connectivity index (χ0n) is 36.8. The highest BCUT2D eigenvalue weighted by atomic mass is 35.5. The number of benzene rings is 5. The lowest BCUT2D eigenvalue weighted by molar-refractivity contribution is -0.127. The number of carbonyl (C=O) groups excluding carboxylic acids is 6. The van der Waals surface area contributed by atoms with Gasteiger partial charge in [-0.15, -0.1) is 34.8 Å². The molecular formula is C47H43Cl5N8O8. The zero-order chi connectivity index (χ0) is 49.5. The number of azo groups is 2. The number of nitrogens with one attached hydrogen (secondary N) is 4. The van der Waals surface area contributed by atoms with Crippen LogP contribution in [-0.2, 0) is 37.9 Å². The average Bonchev–Trinajstić information content (AvgIpc) is 3.30. The van der Waals surface area contributed by atoms with Gasteiger partial charge in [0.25, 0.3) is 23.6 Å². The van der Waals surface area contributed by atoms with E-state index in [1.54, 1.807) is 36.4 Å². The van der Waals surface area contributed by atoms with Crippen LogP contribution < -0.4 is 30.7 Å². The normalized spacial score (nSPS) is 12.0. The Kier molecular flexibility index (Phi) is 19.4. The molecule has 5 aromatic rings. The topological polar surface area (TPSA) is 218 Å². The van der Waals surface area contributed by atoms with Gasteiger partial charge in [-0.3, -0.25) is 28.8 Å². The number of amides is 4. The molecule has 0 saturated carbocycles. The first kappa shape index (κ1) is 52.5. The number of Topliss-reactive ketones (excluding diaryl/α,β-unsaturated/α-hetero) is 2. The Morgan fingerprint density at radius 3 is 1.37 bits per heavy atom. The molecule has 0 aliphatic carbocycles. The summed E-state index contributed by atoms with van der Waals surface area (Å²) in [7, 11) is 3.07. The molecule has 68 heavy (non-hydrogen) atoms. The van der Waals surface area contributed by atoms with Crippen molar-refractivity contribution in [1.82, 2.24) is 0 Å². The van der Waals surface area contributed by atoms with Gasteiger partial charge in [0.1, 0.15) is 22.9 Å². The fraction of sp³-hybridized carbons (Fsp3) is 0.234. The maximum absolute atomic E-state index is 13.4. The SMILES string of the molecule is COc1ccc(NC(=O)c2cccc(N=NC(C(C)=O)C(=O)Nc3ccc(NC(=O)C(N=Nc4cccc(C(=O)Nc5ccc(OC)c(CCCl)c5)c4Cl)C(C)=O)c(CCl)c3)c2Cl)cc1CCCl. The molecular weight excluding hydrogens is 982 g/mol. The Labute approximate surface area is 416 Å². The second kappa shape index (κ2) is 25.1. The smallest absolute Gasteiger partial charge is 0.258 e. The third-order valence-corrected chi connectivity index (χ3v) is 11.3. The highest BCUT2D eigenvalue weighted by molar-refractivity contribution is 6.37. The largest absolute Gasteiger partial charge is 0.496 e. The molecule has 0 aromatic heterocycles. The predicted molar refractivity (Wildman–Crippen MR) is 265 cm³/mol. The van der Waals surface area contributed by atoms with Crippen LogP contribution in [0.25, 0.3) is 0 Å². The molecule has 0 aliphatic rings. The van der Waals surface area contributed by atoms with Crippen molar-refractivity contribution in [3.63, 3.8) is 0 Å². The van der Waals surface area contributed by atoms with E-state index >= 15 is 0 Å². The summed E-state index contributed by atoms with van der Waals surface area (Å²) in [5.74, 6) is -2.38. The highest BCUT2D eigenvalue weighted by Crippen LogP contribution is 2.33. The maximum atomic E-state index is 13.4. The number of alkyl halides is 3. The van der Waals surface area contributed by atoms with Crippen molar-refractivity contribution >= 4 is 127 Å². The minimum Gasteiger partial charge on any atom is -0.496 e. The molecule has 2 atom stereocenters. The van der Waals surface area contributed by atoms with E-state index < -0.39 is 47.3 Å². The van der Waals surface area contributed by atoms with Crippen molar-refractivity contribution in [2.75, 3.05) is 47.2 Å². The van der Waals surface area contributed by atoms with Crippen LogP contribution in [0.2, 0.25) is 10.0 Å². The molecule has 5 aromatic carbocycles. The van der Waals surface area contributed by atoms with Gasteiger partial charge in [0.05, 0.1) is 35.4 Å². The second-order valence-electron chi connectivity index (χ2n) is 14.6. The molecule has 16 nitrogen and oxygen atoms in total. The van der Waals surface area contributed by atoms with Crippen LogP contribution in [0.4, 0.5) is 34.1 Å². The van der Waals surface area contributed by atoms with Gasteiger partial charge in [0.15, 0.2) is 11.6 Å². The fourth-order valence-electron chi connectivity index (χ4n) is 6.44. The Morgan fingerprint density at radius 2 is 0.956 bits per heavy atom. The summed E-state index contributed by atoms with van der Waals surface area (Å²) in [6.45, 7) is 2.30. The molecule has 2 unspecified atom stereocenters. The van der Waals surface area contributed by atoms with E-state index in [0.29, 0.717) is 53.0 Å². The van der Waals surface area contributed by atoms with Gasteiger partial charge in [-0.25, -0.2) is 0 Å². The van der Waals surface area contributed by atoms with Crippen molar-refractivity contribution in [3.8, 4) is 11.5 Å². The minimum atomic E-state index is -1.64. The molecule has 0 radical (unpaired) electrons. The van der Waals surface area contributed by atoms with Crippen molar-refractivity contribution in [2.45, 2.75) is 44.7 Å². The summed E-state index contributed by atoms with van der Waals surface area (Å²) < 4.78 is 10.7. The molecule has 0 fully saturated rings. The summed E-state index contributed by atoms with van der Waals surface area (Å²) >= 11 is 31.2. The van der Waals surface area contributed by atoms with Crippen molar-refractivity contribution in [2.24, 2.45) is 20.5 Å². The summed E-state index contributed by atoms with van der Waals surface area (Å²) in [4.78, 5) is 78.7. The van der Waals surface area contributed by atoms with Gasteiger partial charge in [-0.2, -0.15) is 20.5 Å². The lowest BCUT2D eigenvalue weighted by atomic mass is 10.1. The predicted octanol–water partition coefficient (Wildman–Crippen LogP) is 11.2. The Hall–Kier alpha value is -6.43. The van der Waals surface area contributed by atoms with Crippen LogP contribution in [0.5, 0.6) is 11.5 Å². The molecule has 0 spiro atoms. The number of methoxy groups -OCH3 is 2. The maximum Gasteiger partial charge on any atom is 0.258 e. The van der Waals surface area contributed by atoms with Gasteiger partial charge >= 0.3 is 0 Å². The Bertz CT molecular complexity index is 2790. The first-order valence-electron chi connectivity index (χ1n) is 20.4. The van der Waals surface area contributed by atoms with Gasteiger partial charge in [-0.1, -0.05) is 35.3 Å². The van der Waals surface area contributed by atoms with E-state index in [-0.39, 0.29) is 49.8 Å². The summed E-state index contributed by atoms with van der Waals surface area (Å²) in [5.41, 5.74) is 3.35. The van der Waals surface area contributed by atoms with Crippen molar-refractivity contribution < 1.29 is 38.2 Å². The Morgan fingerprint density at radius 1 is 0.544 bits per heavy atom. The van der Waals surface area contributed by atoms with Crippen molar-refractivity contribution in [1.29, 1.82) is 0 Å². The van der Waals surface area contributed by atoms with E-state index in [4.69, 9.17) is 67.5 Å². The van der Waals surface area contributed by atoms with Crippen LogP contribution in [0.15, 0.2) is 111 Å². The second-order valence-corrected chi connectivity index (χ2v) is 16.3. The van der Waals surface area contributed by atoms with Crippen LogP contribution in [0.1, 0.15) is 51.3 Å². The number of hydrogen-bond donors (Lipinski definition) is 4. The van der Waals surface area contributed by atoms with E-state index in [2.05, 4.69) is 41.7 Å². The first-order chi connectivity index (χ1) is 32.6. The van der Waals surface area contributed by atoms with Crippen LogP contribution >= 0.6 is 58.0 Å². The lowest BCUT2D eigenvalue weighted by Crippen LogP contribution is -2.32. The number of ether oxygens (including phenoxy) is 2. The molecule has 354 valence electrons. The molecule has 0 heterocycles. The highest BCUT2D eigenvalue weighted by Gasteiger charge is 2.27. The van der Waals surface area contributed by atoms with E-state index in [1.807, 2.05) is 0 Å². The van der Waals surface area contributed by atoms with E-state index in [0.717, 1.165) is 25.0 Å². The number of rotatable bonds is 21. The number of carbonyl (C=O) groups is 6. The number of hydrogen-bond acceptors (Lipinski definition) is 12. The van der Waals surface area contributed by atoms with Crippen LogP contribution in [0.3, 0.4) is 0 Å². The van der Waals surface area contributed by atoms with Crippen molar-refractivity contribution in [3.05, 3.63) is 129 Å². The first-order valence-corrected chi connectivity index (χ1v) is 22.8. The summed E-state index contributed by atoms with van der Waals surface area (Å²) in [5, 5.41) is 26.6. The monoisotopic (exact) mass is 1020 g/mol. The minimum absolute atomic E-state index is 0.0167. The number of nitrogens with zero attached hydrogens (tertiary/aromatic N) is 4. The zero-order valence-corrected chi connectivity index (χ0v) is 40.6. The van der Waals surface area contributed by atoms with Gasteiger partial charge < -0.3 is 30.7 Å². The summed E-state index contributed by atoms with van der Waals surface area (Å²) in [6, 6.07) is 20.1. The molecule has 0 bridgehead atoms. The average molecular weight is 1030 g/mol. The standard InChI is InChI=1S/C47H43Cl5N8O8/c1-25(61)42(59-57-36-9-5-7-33(40(36)51)44(63)53-31-12-15-38(67-3)27(21-31)17-19-48)46(65)55-30-11-14-35(29(23-30)24-50)56-47(66)43(26(2)62)60-58-37-10-6-8-34(41(37)52)45(64)54-32-13-16-39(68-4)28(22-32)18-20-49/h5-16,21-23,42-43H,17-20,24H2,1-4H3,(H,53,63)(H,54,64)(H,55,65)(H,56,66). The molecule has 5 rings (SSSR count). The fourth-order valence-corrected chi connectivity index (χ4v) is 7.57. The van der Waals surface area contributed by atoms with Crippen LogP contribution in [0, 0.1) is 0 Å². The van der Waals surface area contributed by atoms with E-state index in [9.17, 15) is 28.8 Å². The quantitative estimate of drug-likeness (QED) is 0.0314. The number of aryl methyl sites for hydroxylation is 2. The molecule has 4 amide bonds. The lowest BCUT2D eigenvalue weighted by Gasteiger charge is -2.15. The van der Waals surface area contributed by atoms with Gasteiger partial charge in [-0.05, 0) is 122 Å². The molecule has 4 N–H and O–H groups in total. The number of halogens is 5. The third kappa shape index (κ3) is 13.6. The van der Waals surface area contributed by atoms with Gasteiger partial charge in [0, 0.05) is 40.4 Å². The molecule has 21 heteroatoms. The Balaban J connectivity index is 1.25. The third-order valence-electron chi connectivity index (χ3n) is 9.85. The van der Waals surface area contributed by atoms with E-state index in [1.165, 1.54) is 68.8 Å².